The molecule has 1 aliphatic heterocycles. The molecule has 0 N–H and O–H groups in total. The Morgan fingerprint density at radius 2 is 2.27 bits per heavy atom. The van der Waals surface area contributed by atoms with E-state index in [1.807, 2.05) is 20.8 Å². The smallest absolute Gasteiger partial charge is 0.311 e. The number of ether oxygens (including phenoxy) is 3. The van der Waals surface area contributed by atoms with Gasteiger partial charge in [-0.3, -0.25) is 4.79 Å². The minimum absolute atomic E-state index is 0.104. The van der Waals surface area contributed by atoms with Gasteiger partial charge in [-0.2, -0.15) is 0 Å². The first kappa shape index (κ1) is 12.5. The Labute approximate surface area is 90.9 Å². The van der Waals surface area contributed by atoms with E-state index in [9.17, 15) is 4.79 Å². The van der Waals surface area contributed by atoms with Gasteiger partial charge in [-0.15, -0.1) is 0 Å². The second kappa shape index (κ2) is 4.94. The molecule has 88 valence electrons. The van der Waals surface area contributed by atoms with Crippen molar-refractivity contribution in [1.82, 2.24) is 0 Å². The SMILES string of the molecule is CCOC(=O)[C@@H](C)[C@@H]1CCOC(C)(C)O1. The van der Waals surface area contributed by atoms with Crippen molar-refractivity contribution in [3.63, 3.8) is 0 Å². The zero-order chi connectivity index (χ0) is 11.5. The first-order valence-electron chi connectivity index (χ1n) is 5.44. The summed E-state index contributed by atoms with van der Waals surface area (Å²) >= 11 is 0. The summed E-state index contributed by atoms with van der Waals surface area (Å²) in [5.74, 6) is -1.02. The third-order valence-electron chi connectivity index (χ3n) is 2.50. The van der Waals surface area contributed by atoms with Gasteiger partial charge in [0, 0.05) is 0 Å². The van der Waals surface area contributed by atoms with Crippen LogP contribution in [0.2, 0.25) is 0 Å². The van der Waals surface area contributed by atoms with Crippen molar-refractivity contribution in [3.05, 3.63) is 0 Å². The molecule has 0 aliphatic carbocycles. The number of hydrogen-bond acceptors (Lipinski definition) is 4. The van der Waals surface area contributed by atoms with Gasteiger partial charge in [0.1, 0.15) is 0 Å². The number of carbonyl (C=O) groups excluding carboxylic acids is 1. The molecule has 0 saturated carbocycles. The van der Waals surface area contributed by atoms with Crippen molar-refractivity contribution in [2.24, 2.45) is 5.92 Å². The normalized spacial score (nSPS) is 27.1. The highest BCUT2D eigenvalue weighted by atomic mass is 16.7. The molecular formula is C11H20O4. The molecular weight excluding hydrogens is 196 g/mol. The van der Waals surface area contributed by atoms with Crippen molar-refractivity contribution < 1.29 is 19.0 Å². The monoisotopic (exact) mass is 216 g/mol. The van der Waals surface area contributed by atoms with E-state index in [-0.39, 0.29) is 18.0 Å². The van der Waals surface area contributed by atoms with Gasteiger partial charge in [-0.1, -0.05) is 0 Å². The molecule has 1 fully saturated rings. The lowest BCUT2D eigenvalue weighted by Crippen LogP contribution is -2.44. The average molecular weight is 216 g/mol. The molecule has 0 unspecified atom stereocenters. The Kier molecular flexibility index (Phi) is 4.11. The summed E-state index contributed by atoms with van der Waals surface area (Å²) in [6, 6.07) is 0. The van der Waals surface area contributed by atoms with Gasteiger partial charge in [-0.05, 0) is 34.1 Å². The molecule has 1 rings (SSSR count). The largest absolute Gasteiger partial charge is 0.466 e. The zero-order valence-corrected chi connectivity index (χ0v) is 9.91. The summed E-state index contributed by atoms with van der Waals surface area (Å²) in [5, 5.41) is 0. The van der Waals surface area contributed by atoms with Crippen LogP contribution in [-0.2, 0) is 19.0 Å². The summed E-state index contributed by atoms with van der Waals surface area (Å²) in [7, 11) is 0. The van der Waals surface area contributed by atoms with Crippen molar-refractivity contribution >= 4 is 5.97 Å². The zero-order valence-electron chi connectivity index (χ0n) is 9.91. The third-order valence-corrected chi connectivity index (χ3v) is 2.50. The highest BCUT2D eigenvalue weighted by Gasteiger charge is 2.35. The quantitative estimate of drug-likeness (QED) is 0.674. The maximum Gasteiger partial charge on any atom is 0.311 e. The fourth-order valence-corrected chi connectivity index (χ4v) is 1.66. The summed E-state index contributed by atoms with van der Waals surface area (Å²) in [4.78, 5) is 11.5. The average Bonchev–Trinajstić information content (AvgIpc) is 2.15. The van der Waals surface area contributed by atoms with Crippen LogP contribution in [-0.4, -0.2) is 31.1 Å². The molecule has 1 heterocycles. The molecule has 0 amide bonds. The lowest BCUT2D eigenvalue weighted by molar-refractivity contribution is -0.281. The van der Waals surface area contributed by atoms with Crippen LogP contribution in [0.25, 0.3) is 0 Å². The Morgan fingerprint density at radius 3 is 2.80 bits per heavy atom. The van der Waals surface area contributed by atoms with Crippen LogP contribution in [0, 0.1) is 5.92 Å². The van der Waals surface area contributed by atoms with Crippen molar-refractivity contribution in [1.29, 1.82) is 0 Å². The van der Waals surface area contributed by atoms with Crippen LogP contribution >= 0.6 is 0 Å². The first-order chi connectivity index (χ1) is 6.96. The predicted octanol–water partition coefficient (Wildman–Crippen LogP) is 1.73. The Balaban J connectivity index is 2.52. The van der Waals surface area contributed by atoms with Gasteiger partial charge >= 0.3 is 5.97 Å². The van der Waals surface area contributed by atoms with Gasteiger partial charge in [0.15, 0.2) is 5.79 Å². The summed E-state index contributed by atoms with van der Waals surface area (Å²) < 4.78 is 16.1. The Hall–Kier alpha value is -0.610. The van der Waals surface area contributed by atoms with E-state index in [1.165, 1.54) is 0 Å². The lowest BCUT2D eigenvalue weighted by Gasteiger charge is -2.37. The van der Waals surface area contributed by atoms with E-state index in [2.05, 4.69) is 0 Å². The standard InChI is InChI=1S/C11H20O4/c1-5-13-10(12)8(2)9-6-7-14-11(3,4)15-9/h8-9H,5-7H2,1-4H3/t8-,9-/m0/s1. The topological polar surface area (TPSA) is 44.8 Å². The number of esters is 1. The lowest BCUT2D eigenvalue weighted by atomic mass is 10.0. The number of rotatable bonds is 3. The molecule has 2 atom stereocenters. The molecule has 1 aliphatic rings. The Morgan fingerprint density at radius 1 is 1.60 bits per heavy atom. The van der Waals surface area contributed by atoms with Crippen molar-refractivity contribution in [2.75, 3.05) is 13.2 Å². The summed E-state index contributed by atoms with van der Waals surface area (Å²) in [6.45, 7) is 8.40. The molecule has 0 spiro atoms. The van der Waals surface area contributed by atoms with Crippen molar-refractivity contribution in [2.45, 2.75) is 46.0 Å². The van der Waals surface area contributed by atoms with Gasteiger partial charge in [0.2, 0.25) is 0 Å². The maximum absolute atomic E-state index is 11.5. The van der Waals surface area contributed by atoms with Crippen LogP contribution < -0.4 is 0 Å². The second-order valence-electron chi connectivity index (χ2n) is 4.23. The van der Waals surface area contributed by atoms with Crippen LogP contribution in [0.4, 0.5) is 0 Å². The Bertz CT molecular complexity index is 225. The highest BCUT2D eigenvalue weighted by Crippen LogP contribution is 2.26. The van der Waals surface area contributed by atoms with E-state index in [0.717, 1.165) is 6.42 Å². The van der Waals surface area contributed by atoms with Gasteiger partial charge < -0.3 is 14.2 Å². The number of hydrogen-bond donors (Lipinski definition) is 0. The molecule has 1 saturated heterocycles. The van der Waals surface area contributed by atoms with Crippen LogP contribution in [0.5, 0.6) is 0 Å². The molecule has 4 heteroatoms. The molecule has 0 aromatic carbocycles. The second-order valence-corrected chi connectivity index (χ2v) is 4.23. The van der Waals surface area contributed by atoms with Gasteiger partial charge in [0.25, 0.3) is 0 Å². The van der Waals surface area contributed by atoms with Crippen LogP contribution in [0.1, 0.15) is 34.1 Å². The molecule has 4 nitrogen and oxygen atoms in total. The minimum atomic E-state index is -0.594. The van der Waals surface area contributed by atoms with E-state index in [4.69, 9.17) is 14.2 Å². The third kappa shape index (κ3) is 3.47. The van der Waals surface area contributed by atoms with Crippen molar-refractivity contribution in [3.8, 4) is 0 Å². The summed E-state index contributed by atoms with van der Waals surface area (Å²) in [5.41, 5.74) is 0. The molecule has 15 heavy (non-hydrogen) atoms. The molecule has 0 aromatic rings. The van der Waals surface area contributed by atoms with Gasteiger partial charge in [0.05, 0.1) is 25.2 Å². The number of carbonyl (C=O) groups is 1. The van der Waals surface area contributed by atoms with Gasteiger partial charge in [-0.25, -0.2) is 0 Å². The van der Waals surface area contributed by atoms with E-state index >= 15 is 0 Å². The first-order valence-corrected chi connectivity index (χ1v) is 5.44. The van der Waals surface area contributed by atoms with E-state index in [1.54, 1.807) is 6.92 Å². The summed E-state index contributed by atoms with van der Waals surface area (Å²) in [6.07, 6.45) is 0.636. The fourth-order valence-electron chi connectivity index (χ4n) is 1.66. The minimum Gasteiger partial charge on any atom is -0.466 e. The molecule has 0 aromatic heterocycles. The van der Waals surface area contributed by atoms with E-state index in [0.29, 0.717) is 13.2 Å². The van der Waals surface area contributed by atoms with Crippen LogP contribution in [0.15, 0.2) is 0 Å². The maximum atomic E-state index is 11.5. The fraction of sp³-hybridized carbons (Fsp3) is 0.909. The molecule has 0 bridgehead atoms. The highest BCUT2D eigenvalue weighted by molar-refractivity contribution is 5.72. The van der Waals surface area contributed by atoms with Crippen LogP contribution in [0.3, 0.4) is 0 Å². The predicted molar refractivity (Wildman–Crippen MR) is 55.3 cm³/mol. The van der Waals surface area contributed by atoms with E-state index < -0.39 is 5.79 Å². The molecule has 0 radical (unpaired) electrons.